The summed E-state index contributed by atoms with van der Waals surface area (Å²) in [5.74, 6) is 0.840. The molecule has 1 unspecified atom stereocenters. The Labute approximate surface area is 93.6 Å². The molecular weight excluding hydrogens is 212 g/mol. The van der Waals surface area contributed by atoms with Crippen molar-refractivity contribution in [2.75, 3.05) is 13.1 Å². The van der Waals surface area contributed by atoms with Crippen LogP contribution in [0.3, 0.4) is 0 Å². The van der Waals surface area contributed by atoms with Crippen molar-refractivity contribution >= 4 is 0 Å². The lowest BCUT2D eigenvalue weighted by Crippen LogP contribution is -2.12. The van der Waals surface area contributed by atoms with Gasteiger partial charge in [-0.05, 0) is 43.5 Å². The minimum atomic E-state index is -2.75. The van der Waals surface area contributed by atoms with E-state index in [1.165, 1.54) is 0 Å². The molecule has 0 amide bonds. The predicted octanol–water partition coefficient (Wildman–Crippen LogP) is 2.44. The van der Waals surface area contributed by atoms with Gasteiger partial charge >= 0.3 is 6.61 Å². The first-order valence-corrected chi connectivity index (χ1v) is 5.49. The topological polar surface area (TPSA) is 21.3 Å². The van der Waals surface area contributed by atoms with Gasteiger partial charge in [-0.3, -0.25) is 0 Å². The monoisotopic (exact) mass is 227 g/mol. The van der Waals surface area contributed by atoms with E-state index >= 15 is 0 Å². The quantitative estimate of drug-likeness (QED) is 0.853. The van der Waals surface area contributed by atoms with Crippen LogP contribution in [0.5, 0.6) is 5.75 Å². The molecule has 1 saturated heterocycles. The van der Waals surface area contributed by atoms with E-state index in [0.29, 0.717) is 11.7 Å². The minimum absolute atomic E-state index is 0.310. The van der Waals surface area contributed by atoms with Crippen LogP contribution >= 0.6 is 0 Å². The molecule has 1 aromatic rings. The molecule has 2 rings (SSSR count). The summed E-state index contributed by atoms with van der Waals surface area (Å²) in [6.07, 6.45) is 1.90. The molecule has 4 heteroatoms. The zero-order chi connectivity index (χ0) is 11.4. The van der Waals surface area contributed by atoms with Gasteiger partial charge in [-0.2, -0.15) is 8.78 Å². The zero-order valence-corrected chi connectivity index (χ0v) is 8.96. The molecule has 1 aliphatic heterocycles. The van der Waals surface area contributed by atoms with Gasteiger partial charge in [0.2, 0.25) is 0 Å². The summed E-state index contributed by atoms with van der Waals surface area (Å²) < 4.78 is 28.9. The van der Waals surface area contributed by atoms with Crippen molar-refractivity contribution in [3.8, 4) is 5.75 Å². The SMILES string of the molecule is FC(F)Oc1ccccc1CC1CCNC1. The van der Waals surface area contributed by atoms with E-state index in [9.17, 15) is 8.78 Å². The number of hydrogen-bond donors (Lipinski definition) is 1. The zero-order valence-electron chi connectivity index (χ0n) is 8.96. The lowest BCUT2D eigenvalue weighted by atomic mass is 9.98. The third-order valence-electron chi connectivity index (χ3n) is 2.86. The second-order valence-corrected chi connectivity index (χ2v) is 4.05. The highest BCUT2D eigenvalue weighted by Crippen LogP contribution is 2.25. The molecule has 1 heterocycles. The van der Waals surface area contributed by atoms with Crippen molar-refractivity contribution in [3.05, 3.63) is 29.8 Å². The molecule has 0 aromatic heterocycles. The number of alkyl halides is 2. The van der Waals surface area contributed by atoms with Gasteiger partial charge in [0.1, 0.15) is 5.75 Å². The van der Waals surface area contributed by atoms with Gasteiger partial charge in [0.05, 0.1) is 0 Å². The van der Waals surface area contributed by atoms with Gasteiger partial charge in [0.25, 0.3) is 0 Å². The number of rotatable bonds is 4. The van der Waals surface area contributed by atoms with Crippen molar-refractivity contribution in [2.24, 2.45) is 5.92 Å². The Morgan fingerprint density at radius 2 is 2.19 bits per heavy atom. The van der Waals surface area contributed by atoms with E-state index in [-0.39, 0.29) is 0 Å². The van der Waals surface area contributed by atoms with Crippen LogP contribution in [-0.4, -0.2) is 19.7 Å². The molecule has 0 aliphatic carbocycles. The van der Waals surface area contributed by atoms with Gasteiger partial charge in [0, 0.05) is 0 Å². The van der Waals surface area contributed by atoms with E-state index in [1.54, 1.807) is 12.1 Å². The number of halogens is 2. The van der Waals surface area contributed by atoms with E-state index in [4.69, 9.17) is 0 Å². The Morgan fingerprint density at radius 1 is 1.38 bits per heavy atom. The molecule has 1 fully saturated rings. The van der Waals surface area contributed by atoms with Crippen molar-refractivity contribution in [3.63, 3.8) is 0 Å². The van der Waals surface area contributed by atoms with Crippen LogP contribution in [0.25, 0.3) is 0 Å². The molecule has 0 radical (unpaired) electrons. The van der Waals surface area contributed by atoms with E-state index in [2.05, 4.69) is 10.1 Å². The summed E-state index contributed by atoms with van der Waals surface area (Å²) in [7, 11) is 0. The highest BCUT2D eigenvalue weighted by molar-refractivity contribution is 5.33. The smallest absolute Gasteiger partial charge is 0.387 e. The van der Waals surface area contributed by atoms with Crippen LogP contribution in [0.15, 0.2) is 24.3 Å². The predicted molar refractivity (Wildman–Crippen MR) is 57.8 cm³/mol. The van der Waals surface area contributed by atoms with Crippen LogP contribution in [0.1, 0.15) is 12.0 Å². The first-order valence-electron chi connectivity index (χ1n) is 5.49. The highest BCUT2D eigenvalue weighted by Gasteiger charge is 2.17. The maximum Gasteiger partial charge on any atom is 0.387 e. The van der Waals surface area contributed by atoms with E-state index in [1.807, 2.05) is 12.1 Å². The Kier molecular flexibility index (Phi) is 3.72. The Hall–Kier alpha value is -1.16. The molecule has 0 bridgehead atoms. The van der Waals surface area contributed by atoms with Crippen molar-refractivity contribution < 1.29 is 13.5 Å². The second kappa shape index (κ2) is 5.25. The lowest BCUT2D eigenvalue weighted by molar-refractivity contribution is -0.0505. The summed E-state index contributed by atoms with van der Waals surface area (Å²) in [4.78, 5) is 0. The fourth-order valence-electron chi connectivity index (χ4n) is 2.08. The van der Waals surface area contributed by atoms with Gasteiger partial charge in [0.15, 0.2) is 0 Å². The largest absolute Gasteiger partial charge is 0.435 e. The first kappa shape index (κ1) is 11.3. The minimum Gasteiger partial charge on any atom is -0.435 e. The molecule has 0 saturated carbocycles. The van der Waals surface area contributed by atoms with Crippen molar-refractivity contribution in [1.82, 2.24) is 5.32 Å². The summed E-state index contributed by atoms with van der Waals surface area (Å²) >= 11 is 0. The normalized spacial score (nSPS) is 20.3. The third-order valence-corrected chi connectivity index (χ3v) is 2.86. The lowest BCUT2D eigenvalue weighted by Gasteiger charge is -2.13. The average Bonchev–Trinajstić information content (AvgIpc) is 2.73. The Bertz CT molecular complexity index is 338. The Morgan fingerprint density at radius 3 is 2.88 bits per heavy atom. The summed E-state index contributed by atoms with van der Waals surface area (Å²) in [6, 6.07) is 7.03. The first-order chi connectivity index (χ1) is 7.75. The number of ether oxygens (including phenoxy) is 1. The maximum absolute atomic E-state index is 12.2. The number of nitrogens with one attached hydrogen (secondary N) is 1. The van der Waals surface area contributed by atoms with Crippen LogP contribution in [-0.2, 0) is 6.42 Å². The number of para-hydroxylation sites is 1. The van der Waals surface area contributed by atoms with Crippen LogP contribution in [0.4, 0.5) is 8.78 Å². The number of benzene rings is 1. The van der Waals surface area contributed by atoms with Gasteiger partial charge in [-0.25, -0.2) is 0 Å². The maximum atomic E-state index is 12.2. The summed E-state index contributed by atoms with van der Waals surface area (Å²) in [5.41, 5.74) is 0.872. The molecule has 1 atom stereocenters. The highest BCUT2D eigenvalue weighted by atomic mass is 19.3. The molecule has 1 aromatic carbocycles. The molecule has 1 aliphatic rings. The van der Waals surface area contributed by atoms with E-state index < -0.39 is 6.61 Å². The van der Waals surface area contributed by atoms with Gasteiger partial charge in [-0.15, -0.1) is 0 Å². The molecule has 88 valence electrons. The van der Waals surface area contributed by atoms with Crippen LogP contribution < -0.4 is 10.1 Å². The van der Waals surface area contributed by atoms with Crippen molar-refractivity contribution in [1.29, 1.82) is 0 Å². The third kappa shape index (κ3) is 2.92. The molecular formula is C12H15F2NO. The van der Waals surface area contributed by atoms with Crippen molar-refractivity contribution in [2.45, 2.75) is 19.5 Å². The number of hydrogen-bond acceptors (Lipinski definition) is 2. The van der Waals surface area contributed by atoms with Crippen LogP contribution in [0, 0.1) is 5.92 Å². The Balaban J connectivity index is 2.06. The van der Waals surface area contributed by atoms with E-state index in [0.717, 1.165) is 31.5 Å². The fourth-order valence-corrected chi connectivity index (χ4v) is 2.08. The molecule has 0 spiro atoms. The molecule has 1 N–H and O–H groups in total. The average molecular weight is 227 g/mol. The van der Waals surface area contributed by atoms with Gasteiger partial charge < -0.3 is 10.1 Å². The summed E-state index contributed by atoms with van der Waals surface area (Å²) in [5, 5.41) is 3.26. The second-order valence-electron chi connectivity index (χ2n) is 4.05. The molecule has 2 nitrogen and oxygen atoms in total. The fraction of sp³-hybridized carbons (Fsp3) is 0.500. The van der Waals surface area contributed by atoms with Gasteiger partial charge in [-0.1, -0.05) is 18.2 Å². The molecule has 16 heavy (non-hydrogen) atoms. The van der Waals surface area contributed by atoms with Crippen LogP contribution in [0.2, 0.25) is 0 Å². The summed E-state index contributed by atoms with van der Waals surface area (Å²) in [6.45, 7) is -0.770. The standard InChI is InChI=1S/C12H15F2NO/c13-12(14)16-11-4-2-1-3-10(11)7-9-5-6-15-8-9/h1-4,9,12,15H,5-8H2.